The molecule has 0 aliphatic rings. The molecule has 0 saturated heterocycles. The number of nitrogens with one attached hydrogen (secondary N) is 1. The van der Waals surface area contributed by atoms with Gasteiger partial charge in [-0.05, 0) is 54.4 Å². The van der Waals surface area contributed by atoms with Crippen LogP contribution in [-0.4, -0.2) is 15.0 Å². The summed E-state index contributed by atoms with van der Waals surface area (Å²) in [6.07, 6.45) is 0. The highest BCUT2D eigenvalue weighted by Crippen LogP contribution is 2.12. The molecule has 0 aliphatic heterocycles. The summed E-state index contributed by atoms with van der Waals surface area (Å²) in [5.74, 6) is -0.787. The van der Waals surface area contributed by atoms with E-state index in [-0.39, 0.29) is 19.0 Å². The van der Waals surface area contributed by atoms with Gasteiger partial charge >= 0.3 is 5.69 Å². The molecule has 0 spiro atoms. The lowest BCUT2D eigenvalue weighted by molar-refractivity contribution is -0.116. The number of hydrogen-bond donors (Lipinski definition) is 1. The van der Waals surface area contributed by atoms with Crippen molar-refractivity contribution in [1.29, 1.82) is 0 Å². The lowest BCUT2D eigenvalue weighted by atomic mass is 10.2. The molecule has 1 aromatic heterocycles. The van der Waals surface area contributed by atoms with Gasteiger partial charge in [0.25, 0.3) is 5.56 Å². The van der Waals surface area contributed by atoms with Crippen molar-refractivity contribution < 1.29 is 9.18 Å². The Labute approximate surface area is 177 Å². The highest BCUT2D eigenvalue weighted by Gasteiger charge is 2.16. The normalized spacial score (nSPS) is 10.9. The summed E-state index contributed by atoms with van der Waals surface area (Å²) in [5.41, 5.74) is 1.54. The number of hydrogen-bond acceptors (Lipinski definition) is 3. The fourth-order valence-electron chi connectivity index (χ4n) is 3.50. The maximum atomic E-state index is 13.2. The Morgan fingerprint density at radius 2 is 1.68 bits per heavy atom. The van der Waals surface area contributed by atoms with Crippen LogP contribution in [0.4, 0.5) is 10.1 Å². The first-order chi connectivity index (χ1) is 14.9. The molecule has 7 heteroatoms. The summed E-state index contributed by atoms with van der Waals surface area (Å²) in [7, 11) is 0. The monoisotopic (exact) mass is 417 g/mol. The lowest BCUT2D eigenvalue weighted by Gasteiger charge is -2.14. The molecular formula is C24H20FN3O3. The van der Waals surface area contributed by atoms with Crippen LogP contribution in [-0.2, 0) is 17.9 Å². The number of halogens is 1. The Hall–Kier alpha value is -4.00. The second-order valence-corrected chi connectivity index (χ2v) is 7.32. The first kappa shape index (κ1) is 20.3. The molecule has 0 saturated carbocycles. The number of carbonyl (C=O) groups excluding carboxylic acids is 1. The van der Waals surface area contributed by atoms with Gasteiger partial charge in [0.2, 0.25) is 5.91 Å². The van der Waals surface area contributed by atoms with E-state index < -0.39 is 17.1 Å². The topological polar surface area (TPSA) is 73.1 Å². The van der Waals surface area contributed by atoms with E-state index in [0.29, 0.717) is 22.2 Å². The van der Waals surface area contributed by atoms with E-state index in [4.69, 9.17) is 0 Å². The standard InChI is InChI=1S/C24H20FN3O3/c1-16-5-4-6-19(13-16)26-22(29)15-27-21-8-3-2-7-20(21)23(30)28(24(27)31)14-17-9-11-18(25)12-10-17/h2-13H,14-15H2,1H3,(H,26,29). The molecule has 0 bridgehead atoms. The number of amides is 1. The number of anilines is 1. The molecule has 1 N–H and O–H groups in total. The van der Waals surface area contributed by atoms with Crippen molar-refractivity contribution in [3.05, 3.63) is 111 Å². The van der Waals surface area contributed by atoms with E-state index in [0.717, 1.165) is 10.1 Å². The third kappa shape index (κ3) is 4.30. The fourth-order valence-corrected chi connectivity index (χ4v) is 3.50. The number of benzene rings is 3. The largest absolute Gasteiger partial charge is 0.332 e. The van der Waals surface area contributed by atoms with Crippen LogP contribution in [0.15, 0.2) is 82.4 Å². The van der Waals surface area contributed by atoms with Gasteiger partial charge in [0.15, 0.2) is 0 Å². The summed E-state index contributed by atoms with van der Waals surface area (Å²) in [6, 6.07) is 19.6. The van der Waals surface area contributed by atoms with Gasteiger partial charge in [0.1, 0.15) is 12.4 Å². The predicted molar refractivity (Wildman–Crippen MR) is 118 cm³/mol. The van der Waals surface area contributed by atoms with Crippen LogP contribution < -0.4 is 16.6 Å². The molecule has 0 aliphatic carbocycles. The van der Waals surface area contributed by atoms with Crippen molar-refractivity contribution in [3.63, 3.8) is 0 Å². The average molecular weight is 417 g/mol. The molecule has 31 heavy (non-hydrogen) atoms. The number of fused-ring (bicyclic) bond motifs is 1. The molecule has 4 aromatic rings. The molecular weight excluding hydrogens is 397 g/mol. The van der Waals surface area contributed by atoms with E-state index in [9.17, 15) is 18.8 Å². The second kappa shape index (κ2) is 8.39. The molecule has 6 nitrogen and oxygen atoms in total. The van der Waals surface area contributed by atoms with Gasteiger partial charge in [-0.25, -0.2) is 9.18 Å². The van der Waals surface area contributed by atoms with E-state index in [2.05, 4.69) is 5.32 Å². The maximum absolute atomic E-state index is 13.2. The minimum absolute atomic E-state index is 0.0255. The van der Waals surface area contributed by atoms with Crippen LogP contribution in [0.25, 0.3) is 10.9 Å². The Morgan fingerprint density at radius 1 is 0.935 bits per heavy atom. The third-order valence-corrected chi connectivity index (χ3v) is 4.99. The quantitative estimate of drug-likeness (QED) is 0.542. The highest BCUT2D eigenvalue weighted by molar-refractivity contribution is 5.91. The van der Waals surface area contributed by atoms with Crippen molar-refractivity contribution in [1.82, 2.24) is 9.13 Å². The number of rotatable bonds is 5. The smallest absolute Gasteiger partial charge is 0.325 e. The molecule has 3 aromatic carbocycles. The molecule has 0 atom stereocenters. The summed E-state index contributed by atoms with van der Waals surface area (Å²) in [4.78, 5) is 38.8. The Bertz CT molecular complexity index is 1390. The number of nitrogens with zero attached hydrogens (tertiary/aromatic N) is 2. The van der Waals surface area contributed by atoms with Gasteiger partial charge < -0.3 is 5.32 Å². The zero-order valence-corrected chi connectivity index (χ0v) is 16.8. The van der Waals surface area contributed by atoms with Crippen molar-refractivity contribution in [2.75, 3.05) is 5.32 Å². The fraction of sp³-hybridized carbons (Fsp3) is 0.125. The van der Waals surface area contributed by atoms with Crippen molar-refractivity contribution in [2.45, 2.75) is 20.0 Å². The van der Waals surface area contributed by atoms with Crippen LogP contribution in [0.3, 0.4) is 0 Å². The van der Waals surface area contributed by atoms with Crippen LogP contribution in [0.5, 0.6) is 0 Å². The maximum Gasteiger partial charge on any atom is 0.332 e. The van der Waals surface area contributed by atoms with Crippen LogP contribution in [0.1, 0.15) is 11.1 Å². The first-order valence-electron chi connectivity index (χ1n) is 9.76. The van der Waals surface area contributed by atoms with E-state index in [1.807, 2.05) is 25.1 Å². The number of aryl methyl sites for hydroxylation is 1. The molecule has 0 radical (unpaired) electrons. The molecule has 0 fully saturated rings. The van der Waals surface area contributed by atoms with E-state index >= 15 is 0 Å². The minimum Gasteiger partial charge on any atom is -0.325 e. The average Bonchev–Trinajstić information content (AvgIpc) is 2.75. The highest BCUT2D eigenvalue weighted by atomic mass is 19.1. The second-order valence-electron chi connectivity index (χ2n) is 7.32. The van der Waals surface area contributed by atoms with Gasteiger partial charge in [0, 0.05) is 5.69 Å². The van der Waals surface area contributed by atoms with Crippen LogP contribution in [0, 0.1) is 12.7 Å². The van der Waals surface area contributed by atoms with Crippen LogP contribution >= 0.6 is 0 Å². The number of carbonyl (C=O) groups is 1. The predicted octanol–water partition coefficient (Wildman–Crippen LogP) is 3.30. The first-order valence-corrected chi connectivity index (χ1v) is 9.76. The summed E-state index contributed by atoms with van der Waals surface area (Å²) >= 11 is 0. The lowest BCUT2D eigenvalue weighted by Crippen LogP contribution is -2.42. The Balaban J connectivity index is 1.75. The zero-order chi connectivity index (χ0) is 22.0. The van der Waals surface area contributed by atoms with Crippen LogP contribution in [0.2, 0.25) is 0 Å². The van der Waals surface area contributed by atoms with Gasteiger partial charge in [-0.3, -0.25) is 18.7 Å². The van der Waals surface area contributed by atoms with Crippen molar-refractivity contribution >= 4 is 22.5 Å². The van der Waals surface area contributed by atoms with Gasteiger partial charge in [-0.2, -0.15) is 0 Å². The number of aromatic nitrogens is 2. The van der Waals surface area contributed by atoms with E-state index in [1.54, 1.807) is 30.3 Å². The molecule has 1 heterocycles. The zero-order valence-electron chi connectivity index (χ0n) is 16.8. The minimum atomic E-state index is -0.604. The Morgan fingerprint density at radius 3 is 2.42 bits per heavy atom. The van der Waals surface area contributed by atoms with Gasteiger partial charge in [-0.15, -0.1) is 0 Å². The summed E-state index contributed by atoms with van der Waals surface area (Å²) in [5, 5.41) is 3.11. The SMILES string of the molecule is Cc1cccc(NC(=O)Cn2c(=O)n(Cc3ccc(F)cc3)c(=O)c3ccccc32)c1. The van der Waals surface area contributed by atoms with Crippen molar-refractivity contribution in [2.24, 2.45) is 0 Å². The van der Waals surface area contributed by atoms with Gasteiger partial charge in [0.05, 0.1) is 17.4 Å². The molecule has 0 unspecified atom stereocenters. The summed E-state index contributed by atoms with van der Waals surface area (Å²) in [6.45, 7) is 1.64. The third-order valence-electron chi connectivity index (χ3n) is 4.99. The van der Waals surface area contributed by atoms with Gasteiger partial charge in [-0.1, -0.05) is 36.4 Å². The Kier molecular flexibility index (Phi) is 5.49. The van der Waals surface area contributed by atoms with E-state index in [1.165, 1.54) is 28.8 Å². The molecule has 1 amide bonds. The molecule has 156 valence electrons. The number of para-hydroxylation sites is 1. The molecule has 4 rings (SSSR count). The van der Waals surface area contributed by atoms with Crippen molar-refractivity contribution in [3.8, 4) is 0 Å². The summed E-state index contributed by atoms with van der Waals surface area (Å²) < 4.78 is 15.6.